The fourth-order valence-electron chi connectivity index (χ4n) is 5.02. The number of carbonyl (C=O) groups excluding carboxylic acids is 1. The summed E-state index contributed by atoms with van der Waals surface area (Å²) in [6.45, 7) is 6.61. The van der Waals surface area contributed by atoms with Crippen LogP contribution in [0.25, 0.3) is 32.7 Å². The predicted octanol–water partition coefficient (Wildman–Crippen LogP) is 5.29. The Labute approximate surface area is 234 Å². The summed E-state index contributed by atoms with van der Waals surface area (Å²) in [5.74, 6) is 0. The number of amides is 1. The highest BCUT2D eigenvalue weighted by molar-refractivity contribution is 7.94. The molecule has 5 heterocycles. The molecule has 6 rings (SSSR count). The van der Waals surface area contributed by atoms with Crippen molar-refractivity contribution in [1.29, 1.82) is 0 Å². The first-order chi connectivity index (χ1) is 18.6. The smallest absolute Gasteiger partial charge is 0.410 e. The monoisotopic (exact) mass is 564 g/mol. The Balaban J connectivity index is 1.42. The zero-order chi connectivity index (χ0) is 27.5. The van der Waals surface area contributed by atoms with Crippen molar-refractivity contribution in [2.24, 2.45) is 7.05 Å². The van der Waals surface area contributed by atoms with E-state index in [1.54, 1.807) is 11.1 Å². The molecule has 1 saturated carbocycles. The van der Waals surface area contributed by atoms with E-state index in [1.165, 1.54) is 11.3 Å². The Morgan fingerprint density at radius 1 is 1.28 bits per heavy atom. The Morgan fingerprint density at radius 3 is 2.74 bits per heavy atom. The number of rotatable bonds is 4. The van der Waals surface area contributed by atoms with E-state index in [0.29, 0.717) is 29.4 Å². The second-order valence-corrected chi connectivity index (χ2v) is 14.1. The highest BCUT2D eigenvalue weighted by Crippen LogP contribution is 2.45. The standard InChI is InChI=1S/C28H32N6O3S2/c1-28(2,3)37-27(35)34-11-9-20-17(15-34)12-16(14-30-20)21-13-19(22-8-10-31-33(22)4)23-24(29)26(38-25(23)32-21)39(36)18-6-5-7-18/h8,10,12-14,18H,5-7,9,11,15,29H2,1-4H3. The van der Waals surface area contributed by atoms with Gasteiger partial charge in [-0.05, 0) is 63.8 Å². The molecule has 1 aliphatic heterocycles. The van der Waals surface area contributed by atoms with Gasteiger partial charge in [0.1, 0.15) is 21.4 Å². The summed E-state index contributed by atoms with van der Waals surface area (Å²) in [6, 6.07) is 6.02. The molecule has 0 saturated heterocycles. The van der Waals surface area contributed by atoms with E-state index >= 15 is 0 Å². The van der Waals surface area contributed by atoms with Crippen LogP contribution in [0, 0.1) is 0 Å². The molecule has 0 spiro atoms. The molecule has 1 atom stereocenters. The molecule has 9 nitrogen and oxygen atoms in total. The minimum Gasteiger partial charge on any atom is -0.611 e. The summed E-state index contributed by atoms with van der Waals surface area (Å²) >= 11 is 0.273. The first-order valence-corrected chi connectivity index (χ1v) is 15.2. The number of aryl methyl sites for hydroxylation is 1. The average Bonchev–Trinajstić information content (AvgIpc) is 3.43. The van der Waals surface area contributed by atoms with Crippen LogP contribution in [0.4, 0.5) is 10.5 Å². The van der Waals surface area contributed by atoms with Crippen LogP contribution >= 0.6 is 11.3 Å². The highest BCUT2D eigenvalue weighted by atomic mass is 32.2. The molecule has 0 aromatic carbocycles. The van der Waals surface area contributed by atoms with Gasteiger partial charge in [0.15, 0.2) is 0 Å². The van der Waals surface area contributed by atoms with E-state index in [9.17, 15) is 9.35 Å². The number of pyridine rings is 2. The Bertz CT molecular complexity index is 1570. The van der Waals surface area contributed by atoms with Gasteiger partial charge in [0.25, 0.3) is 0 Å². The maximum absolute atomic E-state index is 13.3. The van der Waals surface area contributed by atoms with Crippen LogP contribution in [-0.4, -0.2) is 52.7 Å². The van der Waals surface area contributed by atoms with Gasteiger partial charge < -0.3 is 19.9 Å². The van der Waals surface area contributed by atoms with Crippen LogP contribution in [-0.2, 0) is 35.9 Å². The molecule has 11 heteroatoms. The molecular weight excluding hydrogens is 532 g/mol. The number of hydrogen-bond acceptors (Lipinski definition) is 8. The van der Waals surface area contributed by atoms with E-state index in [0.717, 1.165) is 63.3 Å². The Kier molecular flexibility index (Phi) is 6.55. The van der Waals surface area contributed by atoms with Crippen molar-refractivity contribution in [1.82, 2.24) is 24.6 Å². The van der Waals surface area contributed by atoms with Gasteiger partial charge in [0, 0.05) is 65.8 Å². The fourth-order valence-corrected chi connectivity index (χ4v) is 8.23. The molecule has 2 N–H and O–H groups in total. The van der Waals surface area contributed by atoms with Crippen molar-refractivity contribution >= 4 is 44.5 Å². The molecule has 4 aromatic heterocycles. The van der Waals surface area contributed by atoms with Gasteiger partial charge in [0.05, 0.1) is 17.9 Å². The van der Waals surface area contributed by atoms with Crippen LogP contribution in [0.15, 0.2) is 34.8 Å². The number of hydrogen-bond donors (Lipinski definition) is 1. The van der Waals surface area contributed by atoms with Crippen molar-refractivity contribution in [2.75, 3.05) is 12.3 Å². The second-order valence-electron chi connectivity index (χ2n) is 11.2. The predicted molar refractivity (Wildman–Crippen MR) is 154 cm³/mol. The first-order valence-electron chi connectivity index (χ1n) is 13.2. The van der Waals surface area contributed by atoms with Gasteiger partial charge in [-0.15, -0.1) is 0 Å². The lowest BCUT2D eigenvalue weighted by molar-refractivity contribution is 0.0223. The van der Waals surface area contributed by atoms with Gasteiger partial charge in [-0.3, -0.25) is 9.67 Å². The minimum absolute atomic E-state index is 0.165. The molecule has 0 radical (unpaired) electrons. The average molecular weight is 565 g/mol. The normalized spacial score (nSPS) is 16.7. The quantitative estimate of drug-likeness (QED) is 0.334. The number of nitrogens with zero attached hydrogens (tertiary/aromatic N) is 5. The summed E-state index contributed by atoms with van der Waals surface area (Å²) in [5.41, 5.74) is 12.0. The number of carbonyl (C=O) groups is 1. The number of thiophene rings is 1. The van der Waals surface area contributed by atoms with Crippen molar-refractivity contribution < 1.29 is 14.1 Å². The van der Waals surface area contributed by atoms with E-state index in [1.807, 2.05) is 50.8 Å². The number of anilines is 1. The van der Waals surface area contributed by atoms with E-state index < -0.39 is 16.8 Å². The van der Waals surface area contributed by atoms with Crippen molar-refractivity contribution in [2.45, 2.75) is 68.1 Å². The number of nitrogens with two attached hydrogens (primary N) is 1. The van der Waals surface area contributed by atoms with Gasteiger partial charge >= 0.3 is 6.09 Å². The van der Waals surface area contributed by atoms with E-state index in [-0.39, 0.29) is 11.3 Å². The highest BCUT2D eigenvalue weighted by Gasteiger charge is 2.35. The molecule has 2 aliphatic rings. The number of ether oxygens (including phenoxy) is 1. The zero-order valence-electron chi connectivity index (χ0n) is 22.6. The van der Waals surface area contributed by atoms with Crippen LogP contribution in [0.3, 0.4) is 0 Å². The van der Waals surface area contributed by atoms with Crippen molar-refractivity contribution in [3.05, 3.63) is 41.9 Å². The van der Waals surface area contributed by atoms with Gasteiger partial charge in [0.2, 0.25) is 4.21 Å². The maximum Gasteiger partial charge on any atom is 0.410 e. The van der Waals surface area contributed by atoms with Crippen molar-refractivity contribution in [3.63, 3.8) is 0 Å². The third-order valence-electron chi connectivity index (χ3n) is 7.29. The fraction of sp³-hybridized carbons (Fsp3) is 0.429. The molecule has 1 fully saturated rings. The molecule has 204 valence electrons. The summed E-state index contributed by atoms with van der Waals surface area (Å²) in [7, 11) is 1.89. The molecule has 1 unspecified atom stereocenters. The Morgan fingerprint density at radius 2 is 2.08 bits per heavy atom. The molecule has 1 amide bonds. The summed E-state index contributed by atoms with van der Waals surface area (Å²) in [4.78, 5) is 24.9. The Hall–Kier alpha value is -3.15. The lowest BCUT2D eigenvalue weighted by Gasteiger charge is -2.31. The van der Waals surface area contributed by atoms with Crippen molar-refractivity contribution in [3.8, 4) is 22.5 Å². The van der Waals surface area contributed by atoms with E-state index in [2.05, 4.69) is 11.2 Å². The minimum atomic E-state index is -1.15. The number of fused-ring (bicyclic) bond motifs is 2. The van der Waals surface area contributed by atoms with Crippen LogP contribution in [0.5, 0.6) is 0 Å². The number of nitrogen functional groups attached to an aromatic ring is 1. The van der Waals surface area contributed by atoms with Crippen LogP contribution in [0.1, 0.15) is 51.3 Å². The SMILES string of the molecule is Cn1nccc1-c1cc(-c2cnc3c(c2)CN(C(=O)OC(C)(C)C)CC3)nc2sc([S+]([O-])C3CCC3)c(N)c12. The first kappa shape index (κ1) is 26.1. The van der Waals surface area contributed by atoms with Gasteiger partial charge in [-0.1, -0.05) is 11.3 Å². The molecular formula is C28H32N6O3S2. The lowest BCUT2D eigenvalue weighted by atomic mass is 10.00. The van der Waals surface area contributed by atoms with Gasteiger partial charge in [-0.25, -0.2) is 9.78 Å². The zero-order valence-corrected chi connectivity index (χ0v) is 24.2. The molecule has 1 aliphatic carbocycles. The lowest BCUT2D eigenvalue weighted by Crippen LogP contribution is -2.40. The third-order valence-corrected chi connectivity index (χ3v) is 10.6. The summed E-state index contributed by atoms with van der Waals surface area (Å²) in [6.07, 6.45) is 6.98. The van der Waals surface area contributed by atoms with Gasteiger partial charge in [-0.2, -0.15) is 5.10 Å². The molecule has 4 aromatic rings. The molecule has 0 bridgehead atoms. The topological polar surface area (TPSA) is 122 Å². The third kappa shape index (κ3) is 4.87. The largest absolute Gasteiger partial charge is 0.611 e. The number of aromatic nitrogens is 4. The maximum atomic E-state index is 13.3. The second kappa shape index (κ2) is 9.79. The van der Waals surface area contributed by atoms with Crippen LogP contribution < -0.4 is 5.73 Å². The molecule has 39 heavy (non-hydrogen) atoms. The van der Waals surface area contributed by atoms with Crippen LogP contribution in [0.2, 0.25) is 0 Å². The summed E-state index contributed by atoms with van der Waals surface area (Å²) in [5, 5.41) is 5.35. The summed E-state index contributed by atoms with van der Waals surface area (Å²) < 4.78 is 21.4. The van der Waals surface area contributed by atoms with E-state index in [4.69, 9.17) is 20.4 Å².